The van der Waals surface area contributed by atoms with Gasteiger partial charge < -0.3 is 9.84 Å². The molecule has 0 bridgehead atoms. The minimum absolute atomic E-state index is 0.526. The molecule has 0 unspecified atom stereocenters. The van der Waals surface area contributed by atoms with Crippen LogP contribution in [0.5, 0.6) is 0 Å². The van der Waals surface area contributed by atoms with Crippen molar-refractivity contribution in [3.63, 3.8) is 0 Å². The summed E-state index contributed by atoms with van der Waals surface area (Å²) in [5, 5.41) is 14.9. The molecule has 58 valence electrons. The fraction of sp³-hybridized carbons (Fsp3) is 0.429. The van der Waals surface area contributed by atoms with Gasteiger partial charge in [0.1, 0.15) is 6.26 Å². The molecule has 11 heavy (non-hydrogen) atoms. The van der Waals surface area contributed by atoms with Crippen LogP contribution in [0.3, 0.4) is 0 Å². The molecule has 0 saturated carbocycles. The number of nitriles is 1. The topological polar surface area (TPSA) is 61.9 Å². The lowest BCUT2D eigenvalue weighted by Gasteiger charge is -1.95. The van der Waals surface area contributed by atoms with Gasteiger partial charge in [0.05, 0.1) is 11.8 Å². The highest BCUT2D eigenvalue weighted by molar-refractivity contribution is 4.94. The van der Waals surface area contributed by atoms with Gasteiger partial charge in [-0.2, -0.15) is 5.26 Å². The van der Waals surface area contributed by atoms with E-state index >= 15 is 0 Å². The quantitative estimate of drug-likeness (QED) is 0.643. The van der Waals surface area contributed by atoms with Crippen LogP contribution in [-0.4, -0.2) is 11.7 Å². The normalized spacial score (nSPS) is 9.36. The molecule has 0 radical (unpaired) electrons. The third kappa shape index (κ3) is 2.83. The first-order chi connectivity index (χ1) is 5.43. The zero-order valence-corrected chi connectivity index (χ0v) is 6.08. The predicted molar refractivity (Wildman–Crippen MR) is 38.4 cm³/mol. The van der Waals surface area contributed by atoms with Crippen LogP contribution in [-0.2, 0) is 6.54 Å². The van der Waals surface area contributed by atoms with E-state index in [9.17, 15) is 0 Å². The maximum Gasteiger partial charge on any atom is 0.124 e. The van der Waals surface area contributed by atoms with Gasteiger partial charge in [-0.05, 0) is 0 Å². The van der Waals surface area contributed by atoms with Crippen molar-refractivity contribution in [2.24, 2.45) is 0 Å². The lowest BCUT2D eigenvalue weighted by atomic mass is 10.4. The molecule has 0 fully saturated rings. The van der Waals surface area contributed by atoms with Gasteiger partial charge in [0, 0.05) is 25.6 Å². The van der Waals surface area contributed by atoms with Gasteiger partial charge in [-0.1, -0.05) is 5.16 Å². The van der Waals surface area contributed by atoms with Gasteiger partial charge in [-0.25, -0.2) is 0 Å². The highest BCUT2D eigenvalue weighted by Crippen LogP contribution is 1.92. The van der Waals surface area contributed by atoms with Crippen molar-refractivity contribution in [2.75, 3.05) is 6.54 Å². The summed E-state index contributed by atoms with van der Waals surface area (Å²) in [7, 11) is 0. The van der Waals surface area contributed by atoms with Crippen molar-refractivity contribution < 1.29 is 4.52 Å². The molecule has 1 N–H and O–H groups in total. The van der Waals surface area contributed by atoms with Gasteiger partial charge in [-0.15, -0.1) is 0 Å². The van der Waals surface area contributed by atoms with Gasteiger partial charge in [-0.3, -0.25) is 0 Å². The molecule has 0 aliphatic heterocycles. The first-order valence-corrected chi connectivity index (χ1v) is 3.40. The molecule has 1 rings (SSSR count). The molecule has 1 aromatic rings. The largest absolute Gasteiger partial charge is 0.364 e. The van der Waals surface area contributed by atoms with Gasteiger partial charge in [0.2, 0.25) is 0 Å². The van der Waals surface area contributed by atoms with Crippen molar-refractivity contribution in [3.05, 3.63) is 18.0 Å². The average Bonchev–Trinajstić information content (AvgIpc) is 2.50. The summed E-state index contributed by atoms with van der Waals surface area (Å²) >= 11 is 0. The molecule has 4 heteroatoms. The van der Waals surface area contributed by atoms with Gasteiger partial charge >= 0.3 is 0 Å². The Morgan fingerprint density at radius 3 is 3.27 bits per heavy atom. The Bertz CT molecular complexity index is 224. The molecule has 0 saturated heterocycles. The minimum Gasteiger partial charge on any atom is -0.364 e. The van der Waals surface area contributed by atoms with E-state index in [0.717, 1.165) is 5.69 Å². The molecule has 1 heterocycles. The smallest absolute Gasteiger partial charge is 0.124 e. The Morgan fingerprint density at radius 2 is 2.64 bits per heavy atom. The van der Waals surface area contributed by atoms with E-state index in [1.165, 1.54) is 6.26 Å². The van der Waals surface area contributed by atoms with Crippen molar-refractivity contribution >= 4 is 0 Å². The van der Waals surface area contributed by atoms with Crippen LogP contribution < -0.4 is 5.32 Å². The predicted octanol–water partition coefficient (Wildman–Crippen LogP) is 0.678. The van der Waals surface area contributed by atoms with E-state index in [1.807, 2.05) is 6.07 Å². The fourth-order valence-corrected chi connectivity index (χ4v) is 0.689. The Morgan fingerprint density at radius 1 is 1.73 bits per heavy atom. The second-order valence-corrected chi connectivity index (χ2v) is 2.08. The molecule has 4 nitrogen and oxygen atoms in total. The second-order valence-electron chi connectivity index (χ2n) is 2.08. The van der Waals surface area contributed by atoms with E-state index in [-0.39, 0.29) is 0 Å². The molecule has 0 aromatic carbocycles. The van der Waals surface area contributed by atoms with E-state index in [4.69, 9.17) is 5.26 Å². The fourth-order valence-electron chi connectivity index (χ4n) is 0.689. The van der Waals surface area contributed by atoms with Crippen LogP contribution in [0.25, 0.3) is 0 Å². The van der Waals surface area contributed by atoms with Gasteiger partial charge in [0.15, 0.2) is 0 Å². The van der Waals surface area contributed by atoms with Crippen LogP contribution >= 0.6 is 0 Å². The Balaban J connectivity index is 2.10. The number of nitrogens with zero attached hydrogens (tertiary/aromatic N) is 2. The van der Waals surface area contributed by atoms with E-state index in [0.29, 0.717) is 19.5 Å². The van der Waals surface area contributed by atoms with Crippen LogP contribution in [0.4, 0.5) is 0 Å². The van der Waals surface area contributed by atoms with E-state index < -0.39 is 0 Å². The van der Waals surface area contributed by atoms with E-state index in [2.05, 4.69) is 15.0 Å². The molecular formula is C7H9N3O. The first kappa shape index (κ1) is 7.76. The lowest BCUT2D eigenvalue weighted by molar-refractivity contribution is 0.409. The summed E-state index contributed by atoms with van der Waals surface area (Å²) in [6, 6.07) is 3.83. The Labute approximate surface area is 64.8 Å². The van der Waals surface area contributed by atoms with Crippen LogP contribution in [0.2, 0.25) is 0 Å². The third-order valence-electron chi connectivity index (χ3n) is 1.21. The summed E-state index contributed by atoms with van der Waals surface area (Å²) in [6.07, 6.45) is 2.05. The number of hydrogen-bond acceptors (Lipinski definition) is 4. The maximum atomic E-state index is 8.20. The SMILES string of the molecule is N#CCCNCc1ccon1. The van der Waals surface area contributed by atoms with Crippen molar-refractivity contribution in [1.82, 2.24) is 10.5 Å². The summed E-state index contributed by atoms with van der Waals surface area (Å²) in [6.45, 7) is 1.36. The highest BCUT2D eigenvalue weighted by Gasteiger charge is 1.93. The number of hydrogen-bond donors (Lipinski definition) is 1. The zero-order chi connectivity index (χ0) is 7.94. The second kappa shape index (κ2) is 4.47. The molecule has 0 spiro atoms. The van der Waals surface area contributed by atoms with Gasteiger partial charge in [0.25, 0.3) is 0 Å². The highest BCUT2D eigenvalue weighted by atomic mass is 16.5. The summed E-state index contributed by atoms with van der Waals surface area (Å²) < 4.78 is 4.62. The molecule has 0 aliphatic carbocycles. The van der Waals surface area contributed by atoms with E-state index in [1.54, 1.807) is 6.07 Å². The average molecular weight is 151 g/mol. The molecule has 1 aromatic heterocycles. The summed E-state index contributed by atoms with van der Waals surface area (Å²) in [5.41, 5.74) is 0.864. The number of nitrogens with one attached hydrogen (secondary N) is 1. The lowest BCUT2D eigenvalue weighted by Crippen LogP contribution is -2.14. The van der Waals surface area contributed by atoms with Crippen molar-refractivity contribution in [3.8, 4) is 6.07 Å². The Kier molecular flexibility index (Phi) is 3.16. The van der Waals surface area contributed by atoms with Crippen molar-refractivity contribution in [2.45, 2.75) is 13.0 Å². The van der Waals surface area contributed by atoms with Crippen LogP contribution in [0.1, 0.15) is 12.1 Å². The summed E-state index contributed by atoms with van der Waals surface area (Å²) in [4.78, 5) is 0. The molecular weight excluding hydrogens is 142 g/mol. The standard InChI is InChI=1S/C7H9N3O/c8-3-1-4-9-6-7-2-5-11-10-7/h2,5,9H,1,4,6H2. The molecule has 0 atom stereocenters. The van der Waals surface area contributed by atoms with Crippen LogP contribution in [0.15, 0.2) is 16.9 Å². The monoisotopic (exact) mass is 151 g/mol. The molecule has 0 aliphatic rings. The molecule has 0 amide bonds. The maximum absolute atomic E-state index is 8.20. The third-order valence-corrected chi connectivity index (χ3v) is 1.21. The van der Waals surface area contributed by atoms with Crippen molar-refractivity contribution in [1.29, 1.82) is 5.26 Å². The number of rotatable bonds is 4. The first-order valence-electron chi connectivity index (χ1n) is 3.40. The summed E-state index contributed by atoms with van der Waals surface area (Å²) in [5.74, 6) is 0. The van der Waals surface area contributed by atoms with Crippen LogP contribution in [0, 0.1) is 11.3 Å². The number of aromatic nitrogens is 1. The minimum atomic E-state index is 0.526. The zero-order valence-electron chi connectivity index (χ0n) is 6.08. The Hall–Kier alpha value is -1.34.